The van der Waals surface area contributed by atoms with E-state index in [1.165, 1.54) is 12.4 Å². The molecule has 0 radical (unpaired) electrons. The molecule has 5 aliphatic rings. The maximum atomic E-state index is 12.8. The number of aromatic nitrogens is 2. The Morgan fingerprint density at radius 2 is 1.90 bits per heavy atom. The second-order valence-electron chi connectivity index (χ2n) is 9.49. The van der Waals surface area contributed by atoms with Crippen LogP contribution in [0.25, 0.3) is 0 Å². The summed E-state index contributed by atoms with van der Waals surface area (Å²) in [6, 6.07) is 0.0441. The Labute approximate surface area is 175 Å². The van der Waals surface area contributed by atoms with E-state index in [0.29, 0.717) is 42.4 Å². The van der Waals surface area contributed by atoms with Gasteiger partial charge in [0.1, 0.15) is 6.10 Å². The lowest BCUT2D eigenvalue weighted by Gasteiger charge is -2.57. The number of likely N-dealkylation sites (tertiary alicyclic amines) is 1. The molecule has 4 saturated carbocycles. The van der Waals surface area contributed by atoms with E-state index < -0.39 is 5.60 Å². The van der Waals surface area contributed by atoms with Crippen LogP contribution < -0.4 is 10.6 Å². The summed E-state index contributed by atoms with van der Waals surface area (Å²) >= 11 is 0. The third-order valence-electron chi connectivity index (χ3n) is 7.31. The molecule has 4 aliphatic carbocycles. The van der Waals surface area contributed by atoms with Crippen molar-refractivity contribution in [3.8, 4) is 0 Å². The van der Waals surface area contributed by atoms with Crippen molar-refractivity contribution in [2.45, 2.75) is 56.3 Å². The number of anilines is 1. The number of nitrogens with zero attached hydrogens (tertiary/aromatic N) is 3. The Hall–Kier alpha value is -2.42. The first-order valence-electron chi connectivity index (χ1n) is 10.9. The van der Waals surface area contributed by atoms with Gasteiger partial charge >= 0.3 is 6.09 Å². The smallest absolute Gasteiger partial charge is 0.410 e. The van der Waals surface area contributed by atoms with Gasteiger partial charge in [0.25, 0.3) is 5.91 Å². The molecule has 3 N–H and O–H groups in total. The lowest BCUT2D eigenvalue weighted by atomic mass is 9.53. The standard InChI is InChI=1S/C21H29N5O4/c1-22-18(27)15-9-23-19(24-10-15)25-16-2-3-26(11-16)20(28)30-17-13-4-12-5-14(17)8-21(29,6-12)7-13/h9-10,12-14,16-17,29H,2-8,11H2,1H3,(H,22,27)(H,23,24,25)/t12?,13-,14?,16+,17?,21?/m0/s1. The van der Waals surface area contributed by atoms with E-state index in [0.717, 1.165) is 38.5 Å². The van der Waals surface area contributed by atoms with Crippen molar-refractivity contribution in [2.24, 2.45) is 17.8 Å². The first kappa shape index (κ1) is 19.5. The average molecular weight is 415 g/mol. The summed E-state index contributed by atoms with van der Waals surface area (Å²) in [6.07, 6.45) is 8.05. The van der Waals surface area contributed by atoms with Crippen LogP contribution in [0.2, 0.25) is 0 Å². The molecule has 162 valence electrons. The largest absolute Gasteiger partial charge is 0.446 e. The van der Waals surface area contributed by atoms with Gasteiger partial charge in [-0.2, -0.15) is 0 Å². The molecular weight excluding hydrogens is 386 g/mol. The number of amides is 2. The highest BCUT2D eigenvalue weighted by Gasteiger charge is 2.56. The van der Waals surface area contributed by atoms with Crippen LogP contribution in [0.5, 0.6) is 0 Å². The highest BCUT2D eigenvalue weighted by atomic mass is 16.6. The lowest BCUT2D eigenvalue weighted by Crippen LogP contribution is -2.58. The number of carbonyl (C=O) groups excluding carboxylic acids is 2. The summed E-state index contributed by atoms with van der Waals surface area (Å²) < 4.78 is 5.98. The maximum absolute atomic E-state index is 12.8. The Morgan fingerprint density at radius 1 is 1.20 bits per heavy atom. The van der Waals surface area contributed by atoms with Gasteiger partial charge < -0.3 is 25.4 Å². The van der Waals surface area contributed by atoms with Gasteiger partial charge in [0, 0.05) is 38.6 Å². The van der Waals surface area contributed by atoms with Crippen LogP contribution in [0.1, 0.15) is 48.9 Å². The number of ether oxygens (including phenoxy) is 1. The number of rotatable bonds is 4. The van der Waals surface area contributed by atoms with E-state index in [9.17, 15) is 14.7 Å². The number of hydrogen-bond donors (Lipinski definition) is 3. The summed E-state index contributed by atoms with van der Waals surface area (Å²) in [4.78, 5) is 34.5. The highest BCUT2D eigenvalue weighted by Crippen LogP contribution is 2.56. The second-order valence-corrected chi connectivity index (χ2v) is 9.49. The van der Waals surface area contributed by atoms with E-state index in [1.807, 2.05) is 0 Å². The Kier molecular flexibility index (Phi) is 4.80. The maximum Gasteiger partial charge on any atom is 0.410 e. The Balaban J connectivity index is 1.15. The monoisotopic (exact) mass is 415 g/mol. The number of carbonyl (C=O) groups is 2. The molecule has 1 aromatic heterocycles. The fourth-order valence-corrected chi connectivity index (χ4v) is 6.21. The van der Waals surface area contributed by atoms with Crippen molar-refractivity contribution in [1.29, 1.82) is 0 Å². The molecule has 0 aromatic carbocycles. The van der Waals surface area contributed by atoms with Gasteiger partial charge in [0.2, 0.25) is 5.95 Å². The van der Waals surface area contributed by atoms with Crippen LogP contribution in [0.3, 0.4) is 0 Å². The van der Waals surface area contributed by atoms with E-state index in [1.54, 1.807) is 11.9 Å². The van der Waals surface area contributed by atoms with Gasteiger partial charge in [-0.1, -0.05) is 0 Å². The SMILES string of the molecule is CNC(=O)c1cnc(N[C@@H]2CCN(C(=O)OC3C4CC5C[C@H]3CC(O)(C5)C4)C2)nc1. The van der Waals surface area contributed by atoms with Crippen LogP contribution in [-0.4, -0.2) is 69.9 Å². The Bertz CT molecular complexity index is 815. The van der Waals surface area contributed by atoms with E-state index in [4.69, 9.17) is 4.74 Å². The minimum atomic E-state index is -0.518. The molecule has 9 heteroatoms. The first-order valence-corrected chi connectivity index (χ1v) is 10.9. The summed E-state index contributed by atoms with van der Waals surface area (Å²) in [5.41, 5.74) is -0.116. The van der Waals surface area contributed by atoms with Gasteiger partial charge in [-0.05, 0) is 56.3 Å². The summed E-state index contributed by atoms with van der Waals surface area (Å²) in [5, 5.41) is 16.5. The molecule has 30 heavy (non-hydrogen) atoms. The van der Waals surface area contributed by atoms with Crippen molar-refractivity contribution in [3.63, 3.8) is 0 Å². The minimum absolute atomic E-state index is 0.0441. The van der Waals surface area contributed by atoms with Crippen LogP contribution in [0.15, 0.2) is 12.4 Å². The van der Waals surface area contributed by atoms with Crippen LogP contribution in [0.4, 0.5) is 10.7 Å². The van der Waals surface area contributed by atoms with Crippen LogP contribution in [0, 0.1) is 17.8 Å². The first-order chi connectivity index (χ1) is 14.4. The van der Waals surface area contributed by atoms with Crippen molar-refractivity contribution in [3.05, 3.63) is 18.0 Å². The number of hydrogen-bond acceptors (Lipinski definition) is 7. The van der Waals surface area contributed by atoms with Gasteiger partial charge in [-0.25, -0.2) is 14.8 Å². The van der Waals surface area contributed by atoms with Crippen LogP contribution in [-0.2, 0) is 4.74 Å². The molecular formula is C21H29N5O4. The summed E-state index contributed by atoms with van der Waals surface area (Å²) in [5.74, 6) is 1.41. The topological polar surface area (TPSA) is 117 Å². The van der Waals surface area contributed by atoms with Gasteiger partial charge in [-0.3, -0.25) is 4.79 Å². The fraction of sp³-hybridized carbons (Fsp3) is 0.714. The van der Waals surface area contributed by atoms with E-state index in [-0.39, 0.29) is 24.1 Å². The minimum Gasteiger partial charge on any atom is -0.446 e. The molecule has 1 aromatic rings. The van der Waals surface area contributed by atoms with E-state index in [2.05, 4.69) is 20.6 Å². The molecule has 0 spiro atoms. The third kappa shape index (κ3) is 3.59. The average Bonchev–Trinajstić information content (AvgIpc) is 3.18. The number of aliphatic hydroxyl groups is 1. The van der Waals surface area contributed by atoms with Gasteiger partial charge in [0.15, 0.2) is 0 Å². The summed E-state index contributed by atoms with van der Waals surface area (Å²) in [6.45, 7) is 1.16. The molecule has 9 nitrogen and oxygen atoms in total. The quantitative estimate of drug-likeness (QED) is 0.680. The molecule has 1 saturated heterocycles. The second kappa shape index (κ2) is 7.37. The zero-order valence-electron chi connectivity index (χ0n) is 17.2. The normalized spacial score (nSPS) is 36.6. The predicted molar refractivity (Wildman–Crippen MR) is 108 cm³/mol. The van der Waals surface area contributed by atoms with E-state index >= 15 is 0 Å². The van der Waals surface area contributed by atoms with Gasteiger partial charge in [-0.15, -0.1) is 0 Å². The molecule has 1 aliphatic heterocycles. The molecule has 4 bridgehead atoms. The van der Waals surface area contributed by atoms with Gasteiger partial charge in [0.05, 0.1) is 11.2 Å². The predicted octanol–water partition coefficient (Wildman–Crippen LogP) is 1.40. The van der Waals surface area contributed by atoms with Crippen molar-refractivity contribution in [2.75, 3.05) is 25.5 Å². The molecule has 4 unspecified atom stereocenters. The zero-order chi connectivity index (χ0) is 20.9. The molecule has 5 fully saturated rings. The van der Waals surface area contributed by atoms with Crippen molar-refractivity contribution < 1.29 is 19.4 Å². The lowest BCUT2D eigenvalue weighted by molar-refractivity contribution is -0.177. The van der Waals surface area contributed by atoms with Crippen molar-refractivity contribution >= 4 is 17.9 Å². The third-order valence-corrected chi connectivity index (χ3v) is 7.31. The molecule has 2 heterocycles. The Morgan fingerprint density at radius 3 is 2.53 bits per heavy atom. The molecule has 2 amide bonds. The summed E-state index contributed by atoms with van der Waals surface area (Å²) in [7, 11) is 1.56. The fourth-order valence-electron chi connectivity index (χ4n) is 6.21. The number of nitrogens with one attached hydrogen (secondary N) is 2. The highest BCUT2D eigenvalue weighted by molar-refractivity contribution is 5.93. The van der Waals surface area contributed by atoms with Crippen molar-refractivity contribution in [1.82, 2.24) is 20.2 Å². The zero-order valence-corrected chi connectivity index (χ0v) is 17.2. The molecule has 6 rings (SSSR count). The molecule has 6 atom stereocenters. The van der Waals surface area contributed by atoms with Crippen LogP contribution >= 0.6 is 0 Å².